The Hall–Kier alpha value is -0.0800. The first-order valence-electron chi connectivity index (χ1n) is 3.09. The molecule has 0 N–H and O–H groups in total. The van der Waals surface area contributed by atoms with E-state index in [1.807, 2.05) is 0 Å². The summed E-state index contributed by atoms with van der Waals surface area (Å²) in [5, 5.41) is 8.64. The molecule has 0 rings (SSSR count). The van der Waals surface area contributed by atoms with Gasteiger partial charge in [0.25, 0.3) is 0 Å². The molecule has 0 aromatic rings. The molecule has 0 aliphatic carbocycles. The minimum absolute atomic E-state index is 0.0694. The molecule has 48 valence electrons. The summed E-state index contributed by atoms with van der Waals surface area (Å²) < 4.78 is 0. The van der Waals surface area contributed by atoms with Crippen LogP contribution in [-0.2, 0) is 0 Å². The van der Waals surface area contributed by atoms with E-state index in [1.54, 1.807) is 0 Å². The van der Waals surface area contributed by atoms with Gasteiger partial charge in [-0.2, -0.15) is 0 Å². The molecule has 0 radical (unpaired) electrons. The number of nitrogens with zero attached hydrogens (tertiary/aromatic N) is 1. The summed E-state index contributed by atoms with van der Waals surface area (Å²) in [4.78, 5) is 0. The molecule has 2 heteroatoms. The van der Waals surface area contributed by atoms with Crippen molar-refractivity contribution in [1.29, 1.82) is 5.26 Å². The van der Waals surface area contributed by atoms with E-state index in [0.717, 1.165) is 22.1 Å². The molecule has 0 amide bonds. The van der Waals surface area contributed by atoms with Gasteiger partial charge in [0, 0.05) is 0 Å². The van der Waals surface area contributed by atoms with Gasteiger partial charge in [-0.3, -0.25) is 0 Å². The molecule has 8 heavy (non-hydrogen) atoms. The average Bonchev–Trinajstić information content (AvgIpc) is 1.87. The zero-order valence-electron chi connectivity index (χ0n) is 5.86. The third kappa shape index (κ3) is 1.80. The van der Waals surface area contributed by atoms with Gasteiger partial charge in [0.1, 0.15) is 0 Å². The molecule has 0 aromatic heterocycles. The predicted molar refractivity (Wildman–Crippen MR) is 41.4 cm³/mol. The topological polar surface area (TPSA) is 23.8 Å². The Labute approximate surface area is 53.3 Å². The van der Waals surface area contributed by atoms with E-state index >= 15 is 0 Å². The van der Waals surface area contributed by atoms with E-state index < -0.39 is 0 Å². The molecule has 0 bridgehead atoms. The summed E-state index contributed by atoms with van der Waals surface area (Å²) in [5.74, 6) is 0. The fourth-order valence-corrected chi connectivity index (χ4v) is 0.408. The van der Waals surface area contributed by atoms with E-state index in [2.05, 4.69) is 19.9 Å². The van der Waals surface area contributed by atoms with Gasteiger partial charge in [0.05, 0.1) is 0 Å². The molecule has 0 saturated heterocycles. The molecule has 0 atom stereocenters. The van der Waals surface area contributed by atoms with E-state index in [-0.39, 0.29) is 5.16 Å². The summed E-state index contributed by atoms with van der Waals surface area (Å²) in [6, 6.07) is 2.34. The first-order chi connectivity index (χ1) is 3.68. The van der Waals surface area contributed by atoms with Gasteiger partial charge >= 0.3 is 52.4 Å². The molecule has 1 nitrogen and oxygen atoms in total. The molecule has 0 spiro atoms. The van der Waals surface area contributed by atoms with Crippen molar-refractivity contribution in [1.82, 2.24) is 0 Å². The Kier molecular flexibility index (Phi) is 3.02. The van der Waals surface area contributed by atoms with Crippen LogP contribution < -0.4 is 0 Å². The summed E-state index contributed by atoms with van der Waals surface area (Å²) >= 11 is 0. The molecule has 0 fully saturated rings. The van der Waals surface area contributed by atoms with Crippen molar-refractivity contribution in [3.05, 3.63) is 0 Å². The van der Waals surface area contributed by atoms with Crippen LogP contribution in [0.3, 0.4) is 0 Å². The second-order valence-electron chi connectivity index (χ2n) is 2.38. The number of nitriles is 1. The first-order valence-corrected chi connectivity index (χ1v) is 4.09. The molecule has 0 aromatic carbocycles. The van der Waals surface area contributed by atoms with Crippen LogP contribution in [0.5, 0.6) is 0 Å². The summed E-state index contributed by atoms with van der Waals surface area (Å²) in [6.45, 7) is 4.17. The first kappa shape index (κ1) is 7.92. The van der Waals surface area contributed by atoms with Gasteiger partial charge in [0.15, 0.2) is 0 Å². The minimum atomic E-state index is 0.0694. The molecule has 0 heterocycles. The van der Waals surface area contributed by atoms with Crippen LogP contribution >= 0.6 is 9.24 Å². The van der Waals surface area contributed by atoms with Crippen molar-refractivity contribution in [3.63, 3.8) is 0 Å². The normalized spacial score (nSPS) is 10.9. The van der Waals surface area contributed by atoms with Crippen LogP contribution in [0.25, 0.3) is 0 Å². The summed E-state index contributed by atoms with van der Waals surface area (Å²) in [6.07, 6.45) is 2.04. The Bertz CT molecular complexity index is 99.6. The number of hydrogen-bond donors (Lipinski definition) is 0. The summed E-state index contributed by atoms with van der Waals surface area (Å²) in [5.41, 5.74) is 0. The van der Waals surface area contributed by atoms with E-state index in [4.69, 9.17) is 5.26 Å². The second kappa shape index (κ2) is 3.05. The van der Waals surface area contributed by atoms with Crippen molar-refractivity contribution in [2.45, 2.75) is 31.8 Å². The van der Waals surface area contributed by atoms with Crippen LogP contribution in [0.2, 0.25) is 0 Å². The fourth-order valence-electron chi connectivity index (χ4n) is 0.408. The van der Waals surface area contributed by atoms with Crippen LogP contribution in [0.1, 0.15) is 26.7 Å². The average molecular weight is 131 g/mol. The van der Waals surface area contributed by atoms with Gasteiger partial charge in [-0.15, -0.1) is 0 Å². The van der Waals surface area contributed by atoms with Gasteiger partial charge in [0.2, 0.25) is 0 Å². The maximum absolute atomic E-state index is 8.57. The monoisotopic (exact) mass is 131 g/mol. The van der Waals surface area contributed by atoms with Crippen LogP contribution in [0.4, 0.5) is 0 Å². The third-order valence-electron chi connectivity index (χ3n) is 1.83. The molecular weight excluding hydrogens is 117 g/mol. The van der Waals surface area contributed by atoms with E-state index in [1.165, 1.54) is 0 Å². The molecule has 0 saturated carbocycles. The molecule has 0 aliphatic rings. The number of hydrogen-bond acceptors (Lipinski definition) is 1. The molecule has 0 unspecified atom stereocenters. The van der Waals surface area contributed by atoms with E-state index in [9.17, 15) is 0 Å². The fraction of sp³-hybridized carbons (Fsp3) is 0.833. The quantitative estimate of drug-likeness (QED) is 0.520. The Morgan fingerprint density at radius 2 is 1.88 bits per heavy atom. The van der Waals surface area contributed by atoms with Gasteiger partial charge in [-0.1, -0.05) is 0 Å². The van der Waals surface area contributed by atoms with E-state index in [0.29, 0.717) is 0 Å². The van der Waals surface area contributed by atoms with Crippen molar-refractivity contribution >= 4 is 9.24 Å². The van der Waals surface area contributed by atoms with Crippen molar-refractivity contribution in [2.75, 3.05) is 0 Å². The maximum atomic E-state index is 8.57. The SMILES string of the molecule is CCC([PH4])(C#N)CC. The third-order valence-corrected chi connectivity index (χ3v) is 3.47. The van der Waals surface area contributed by atoms with Gasteiger partial charge < -0.3 is 0 Å². The van der Waals surface area contributed by atoms with Crippen molar-refractivity contribution in [3.8, 4) is 6.07 Å². The zero-order valence-corrected chi connectivity index (χ0v) is 7.86. The second-order valence-corrected chi connectivity index (χ2v) is 4.29. The molecule has 0 aliphatic heterocycles. The number of rotatable bonds is 2. The summed E-state index contributed by atoms with van der Waals surface area (Å²) in [7, 11) is 1.01. The van der Waals surface area contributed by atoms with Crippen LogP contribution in [-0.4, -0.2) is 5.16 Å². The standard InChI is InChI=1S/C6H14NP/c1-3-6(8,4-2)5-7/h3-4H2,1-2H3,8H4. The molecular formula is C6H14NP. The van der Waals surface area contributed by atoms with Crippen molar-refractivity contribution < 1.29 is 0 Å². The van der Waals surface area contributed by atoms with Crippen LogP contribution in [0.15, 0.2) is 0 Å². The predicted octanol–water partition coefficient (Wildman–Crippen LogP) is 1.41. The van der Waals surface area contributed by atoms with Crippen molar-refractivity contribution in [2.24, 2.45) is 0 Å². The Balaban J connectivity index is 3.83. The van der Waals surface area contributed by atoms with Crippen LogP contribution in [0, 0.1) is 11.3 Å². The van der Waals surface area contributed by atoms with Gasteiger partial charge in [-0.05, 0) is 0 Å². The zero-order chi connectivity index (χ0) is 6.62. The van der Waals surface area contributed by atoms with Gasteiger partial charge in [-0.25, -0.2) is 0 Å². The Morgan fingerprint density at radius 1 is 1.50 bits per heavy atom. The Morgan fingerprint density at radius 3 is 1.88 bits per heavy atom.